The van der Waals surface area contributed by atoms with Crippen LogP contribution in [0.4, 0.5) is 14.9 Å². The molecule has 1 saturated heterocycles. The zero-order valence-corrected chi connectivity index (χ0v) is 17.2. The Hall–Kier alpha value is -3.65. The number of hydrogen-bond donors (Lipinski definition) is 1. The number of ether oxygens (including phenoxy) is 1. The summed E-state index contributed by atoms with van der Waals surface area (Å²) >= 11 is 0.745. The summed E-state index contributed by atoms with van der Waals surface area (Å²) in [6, 6.07) is 17.0. The van der Waals surface area contributed by atoms with Gasteiger partial charge < -0.3 is 10.1 Å². The molecule has 0 spiro atoms. The number of nitrogens with one attached hydrogen (secondary N) is 1. The maximum atomic E-state index is 13.7. The third-order valence-corrected chi connectivity index (χ3v) is 5.66. The Kier molecular flexibility index (Phi) is 5.73. The third-order valence-electron chi connectivity index (χ3n) is 4.75. The molecule has 3 aromatic rings. The lowest BCUT2D eigenvalue weighted by molar-refractivity contribution is -0.127. The van der Waals surface area contributed by atoms with Crippen LogP contribution in [0.15, 0.2) is 65.6 Å². The highest BCUT2D eigenvalue weighted by Gasteiger charge is 2.36. The van der Waals surface area contributed by atoms with Gasteiger partial charge in [0, 0.05) is 5.56 Å². The predicted molar refractivity (Wildman–Crippen MR) is 118 cm³/mol. The molecule has 3 amide bonds. The van der Waals surface area contributed by atoms with E-state index in [1.807, 2.05) is 30.3 Å². The summed E-state index contributed by atoms with van der Waals surface area (Å²) in [4.78, 5) is 38.5. The Bertz CT molecular complexity index is 1240. The number of methoxy groups -OCH3 is 1. The molecule has 0 aliphatic carbocycles. The predicted octanol–water partition coefficient (Wildman–Crippen LogP) is 4.66. The number of carbonyl (C=O) groups excluding carboxylic acids is 3. The highest BCUT2D eigenvalue weighted by Crippen LogP contribution is 2.36. The largest absolute Gasteiger partial charge is 0.496 e. The van der Waals surface area contributed by atoms with Gasteiger partial charge in [0.1, 0.15) is 18.1 Å². The molecule has 0 saturated carbocycles. The molecule has 1 aliphatic rings. The lowest BCUT2D eigenvalue weighted by atomic mass is 10.0. The average Bonchev–Trinajstić information content (AvgIpc) is 3.03. The lowest BCUT2D eigenvalue weighted by Gasteiger charge is -2.13. The fourth-order valence-corrected chi connectivity index (χ4v) is 4.09. The van der Waals surface area contributed by atoms with Crippen molar-refractivity contribution in [1.29, 1.82) is 0 Å². The van der Waals surface area contributed by atoms with Gasteiger partial charge in [-0.1, -0.05) is 42.5 Å². The zero-order chi connectivity index (χ0) is 22.0. The molecule has 3 aromatic carbocycles. The normalized spacial score (nSPS) is 15.0. The molecule has 8 heteroatoms. The van der Waals surface area contributed by atoms with Gasteiger partial charge in [0.15, 0.2) is 0 Å². The van der Waals surface area contributed by atoms with Crippen LogP contribution in [0.25, 0.3) is 16.8 Å². The average molecular weight is 436 g/mol. The Labute approximate surface area is 181 Å². The van der Waals surface area contributed by atoms with E-state index in [-0.39, 0.29) is 10.6 Å². The fraction of sp³-hybridized carbons (Fsp3) is 0.0870. The SMILES string of the molecule is COc1ccc2ccccc2c1/C=C1/SC(=O)N(CC(=O)Nc2ccccc2F)C1=O. The minimum Gasteiger partial charge on any atom is -0.496 e. The molecule has 4 rings (SSSR count). The molecule has 156 valence electrons. The highest BCUT2D eigenvalue weighted by molar-refractivity contribution is 8.18. The van der Waals surface area contributed by atoms with E-state index < -0.39 is 29.4 Å². The summed E-state index contributed by atoms with van der Waals surface area (Å²) in [6.07, 6.45) is 1.60. The molecule has 6 nitrogen and oxygen atoms in total. The standard InChI is InChI=1S/C23H17FN2O4S/c1-30-19-11-10-14-6-2-3-7-15(14)16(19)12-20-22(28)26(23(29)31-20)13-21(27)25-18-9-5-4-8-17(18)24/h2-12H,13H2,1H3,(H,25,27)/b20-12+. The van der Waals surface area contributed by atoms with E-state index in [1.165, 1.54) is 25.3 Å². The first-order valence-electron chi connectivity index (χ1n) is 9.33. The van der Waals surface area contributed by atoms with Crippen molar-refractivity contribution >= 4 is 51.4 Å². The van der Waals surface area contributed by atoms with E-state index in [4.69, 9.17) is 4.74 Å². The van der Waals surface area contributed by atoms with E-state index in [1.54, 1.807) is 18.2 Å². The van der Waals surface area contributed by atoms with Crippen molar-refractivity contribution in [2.45, 2.75) is 0 Å². The second-order valence-corrected chi connectivity index (χ2v) is 7.69. The molecule has 1 heterocycles. The van der Waals surface area contributed by atoms with Crippen molar-refractivity contribution in [3.8, 4) is 5.75 Å². The van der Waals surface area contributed by atoms with Crippen LogP contribution in [0.2, 0.25) is 0 Å². The second kappa shape index (κ2) is 8.61. The van der Waals surface area contributed by atoms with Gasteiger partial charge in [-0.05, 0) is 46.8 Å². The maximum absolute atomic E-state index is 13.7. The van der Waals surface area contributed by atoms with Crippen LogP contribution in [0.1, 0.15) is 5.56 Å². The van der Waals surface area contributed by atoms with Crippen LogP contribution in [0.5, 0.6) is 5.75 Å². The summed E-state index contributed by atoms with van der Waals surface area (Å²) < 4.78 is 19.2. The number of thioether (sulfide) groups is 1. The van der Waals surface area contributed by atoms with Crippen molar-refractivity contribution in [3.05, 3.63) is 76.9 Å². The number of nitrogens with zero attached hydrogens (tertiary/aromatic N) is 1. The number of fused-ring (bicyclic) bond motifs is 1. The smallest absolute Gasteiger partial charge is 0.294 e. The molecule has 1 fully saturated rings. The minimum atomic E-state index is -0.670. The summed E-state index contributed by atoms with van der Waals surface area (Å²) in [5, 5.41) is 3.63. The van der Waals surface area contributed by atoms with E-state index in [0.717, 1.165) is 27.4 Å². The number of anilines is 1. The Balaban J connectivity index is 1.59. The molecule has 1 aliphatic heterocycles. The number of benzene rings is 3. The first kappa shape index (κ1) is 20.6. The van der Waals surface area contributed by atoms with E-state index in [0.29, 0.717) is 11.3 Å². The van der Waals surface area contributed by atoms with E-state index in [9.17, 15) is 18.8 Å². The summed E-state index contributed by atoms with van der Waals surface area (Å²) in [5.74, 6) is -1.30. The first-order valence-corrected chi connectivity index (χ1v) is 10.1. The lowest BCUT2D eigenvalue weighted by Crippen LogP contribution is -2.36. The Morgan fingerprint density at radius 2 is 1.84 bits per heavy atom. The maximum Gasteiger partial charge on any atom is 0.294 e. The molecule has 0 unspecified atom stereocenters. The van der Waals surface area contributed by atoms with Gasteiger partial charge in [-0.25, -0.2) is 4.39 Å². The van der Waals surface area contributed by atoms with Crippen molar-refractivity contribution in [3.63, 3.8) is 0 Å². The van der Waals surface area contributed by atoms with Crippen LogP contribution >= 0.6 is 11.8 Å². The van der Waals surface area contributed by atoms with Gasteiger partial charge >= 0.3 is 0 Å². The molecular formula is C23H17FN2O4S. The molecular weight excluding hydrogens is 419 g/mol. The Morgan fingerprint density at radius 3 is 2.61 bits per heavy atom. The van der Waals surface area contributed by atoms with Crippen molar-refractivity contribution in [2.24, 2.45) is 0 Å². The zero-order valence-electron chi connectivity index (χ0n) is 16.4. The van der Waals surface area contributed by atoms with E-state index >= 15 is 0 Å². The van der Waals surface area contributed by atoms with Crippen LogP contribution < -0.4 is 10.1 Å². The molecule has 0 radical (unpaired) electrons. The molecule has 0 bridgehead atoms. The van der Waals surface area contributed by atoms with Gasteiger partial charge in [0.05, 0.1) is 17.7 Å². The monoisotopic (exact) mass is 436 g/mol. The van der Waals surface area contributed by atoms with Crippen LogP contribution in [-0.4, -0.2) is 35.6 Å². The number of carbonyl (C=O) groups is 3. The molecule has 1 N–H and O–H groups in total. The molecule has 0 aromatic heterocycles. The van der Waals surface area contributed by atoms with Crippen molar-refractivity contribution in [1.82, 2.24) is 4.90 Å². The van der Waals surface area contributed by atoms with Gasteiger partial charge in [0.2, 0.25) is 5.91 Å². The first-order chi connectivity index (χ1) is 15.0. The molecule has 31 heavy (non-hydrogen) atoms. The number of imide groups is 1. The third kappa shape index (κ3) is 4.15. The molecule has 0 atom stereocenters. The van der Waals surface area contributed by atoms with Crippen molar-refractivity contribution in [2.75, 3.05) is 19.0 Å². The van der Waals surface area contributed by atoms with Crippen LogP contribution in [0, 0.1) is 5.82 Å². The second-order valence-electron chi connectivity index (χ2n) is 6.70. The number of halogens is 1. The number of rotatable bonds is 5. The topological polar surface area (TPSA) is 75.7 Å². The number of para-hydroxylation sites is 1. The van der Waals surface area contributed by atoms with Gasteiger partial charge in [-0.2, -0.15) is 0 Å². The summed E-state index contributed by atoms with van der Waals surface area (Å²) in [5.41, 5.74) is 0.650. The van der Waals surface area contributed by atoms with Crippen LogP contribution in [-0.2, 0) is 9.59 Å². The minimum absolute atomic E-state index is 0.0181. The Morgan fingerprint density at radius 1 is 1.10 bits per heavy atom. The van der Waals surface area contributed by atoms with Crippen molar-refractivity contribution < 1.29 is 23.5 Å². The summed E-state index contributed by atoms with van der Waals surface area (Å²) in [6.45, 7) is -0.511. The highest BCUT2D eigenvalue weighted by atomic mass is 32.2. The van der Waals surface area contributed by atoms with Gasteiger partial charge in [-0.3, -0.25) is 19.3 Å². The summed E-state index contributed by atoms with van der Waals surface area (Å²) in [7, 11) is 1.53. The quantitative estimate of drug-likeness (QED) is 0.589. The van der Waals surface area contributed by atoms with Gasteiger partial charge in [0.25, 0.3) is 11.1 Å². The number of amides is 3. The fourth-order valence-electron chi connectivity index (χ4n) is 3.27. The number of hydrogen-bond acceptors (Lipinski definition) is 5. The van der Waals surface area contributed by atoms with E-state index in [2.05, 4.69) is 5.32 Å². The van der Waals surface area contributed by atoms with Gasteiger partial charge in [-0.15, -0.1) is 0 Å². The van der Waals surface area contributed by atoms with Crippen LogP contribution in [0.3, 0.4) is 0 Å².